The van der Waals surface area contributed by atoms with Crippen LogP contribution >= 0.6 is 0 Å². The Hall–Kier alpha value is -4.46. The van der Waals surface area contributed by atoms with Crippen molar-refractivity contribution in [3.63, 3.8) is 0 Å². The number of benzene rings is 3. The fraction of sp³-hybridized carbons (Fsp3) is 0.154. The summed E-state index contributed by atoms with van der Waals surface area (Å²) >= 11 is 0. The first-order chi connectivity index (χ1) is 16.5. The molecule has 0 unspecified atom stereocenters. The summed E-state index contributed by atoms with van der Waals surface area (Å²) in [7, 11) is 4.49. The summed E-state index contributed by atoms with van der Waals surface area (Å²) in [6.07, 6.45) is 3.05. The third-order valence-electron chi connectivity index (χ3n) is 5.10. The van der Waals surface area contributed by atoms with E-state index in [0.717, 1.165) is 0 Å². The molecule has 0 atom stereocenters. The lowest BCUT2D eigenvalue weighted by molar-refractivity contribution is 0.0729. The van der Waals surface area contributed by atoms with Gasteiger partial charge in [0.25, 0.3) is 0 Å². The summed E-state index contributed by atoms with van der Waals surface area (Å²) in [5.74, 6) is 1.80. The van der Waals surface area contributed by atoms with Gasteiger partial charge in [0.1, 0.15) is 11.5 Å². The molecule has 0 spiro atoms. The van der Waals surface area contributed by atoms with Gasteiger partial charge in [0, 0.05) is 0 Å². The maximum Gasteiger partial charge on any atom is 0.343 e. The summed E-state index contributed by atoms with van der Waals surface area (Å²) < 4.78 is 31.9. The van der Waals surface area contributed by atoms with E-state index < -0.39 is 5.97 Å². The van der Waals surface area contributed by atoms with Crippen molar-refractivity contribution in [2.45, 2.75) is 0 Å². The van der Waals surface area contributed by atoms with E-state index in [4.69, 9.17) is 28.4 Å². The number of allylic oxidation sites excluding steroid dienone is 1. The van der Waals surface area contributed by atoms with Crippen LogP contribution in [0.15, 0.2) is 60.7 Å². The minimum atomic E-state index is -0.569. The van der Waals surface area contributed by atoms with Crippen molar-refractivity contribution in [2.75, 3.05) is 28.1 Å². The second-order valence-electron chi connectivity index (χ2n) is 7.13. The largest absolute Gasteiger partial charge is 0.497 e. The van der Waals surface area contributed by atoms with Gasteiger partial charge in [0.2, 0.25) is 6.79 Å². The van der Waals surface area contributed by atoms with Crippen LogP contribution in [0.3, 0.4) is 0 Å². The third kappa shape index (κ3) is 4.80. The first-order valence-corrected chi connectivity index (χ1v) is 10.3. The molecule has 1 aliphatic rings. The van der Waals surface area contributed by atoms with Crippen LogP contribution in [0, 0.1) is 0 Å². The highest BCUT2D eigenvalue weighted by atomic mass is 16.7. The summed E-state index contributed by atoms with van der Waals surface area (Å²) in [5, 5.41) is 0. The van der Waals surface area contributed by atoms with Crippen molar-refractivity contribution >= 4 is 17.8 Å². The lowest BCUT2D eigenvalue weighted by atomic mass is 10.1. The molecule has 34 heavy (non-hydrogen) atoms. The van der Waals surface area contributed by atoms with Gasteiger partial charge in [0.05, 0.1) is 32.5 Å². The molecule has 0 aliphatic carbocycles. The van der Waals surface area contributed by atoms with Crippen molar-refractivity contribution < 1.29 is 38.0 Å². The molecular weight excluding hydrogens is 440 g/mol. The number of esters is 1. The maximum absolute atomic E-state index is 12.7. The highest BCUT2D eigenvalue weighted by molar-refractivity contribution is 6.09. The van der Waals surface area contributed by atoms with Crippen LogP contribution in [0.5, 0.6) is 34.5 Å². The highest BCUT2D eigenvalue weighted by Gasteiger charge is 2.19. The van der Waals surface area contributed by atoms with Crippen molar-refractivity contribution in [2.24, 2.45) is 0 Å². The highest BCUT2D eigenvalue weighted by Crippen LogP contribution is 2.34. The topological polar surface area (TPSA) is 89.5 Å². The van der Waals surface area contributed by atoms with E-state index in [1.807, 2.05) is 0 Å². The molecule has 0 bridgehead atoms. The van der Waals surface area contributed by atoms with Crippen LogP contribution in [0.2, 0.25) is 0 Å². The lowest BCUT2D eigenvalue weighted by Crippen LogP contribution is -2.09. The molecule has 0 aromatic heterocycles. The van der Waals surface area contributed by atoms with Crippen molar-refractivity contribution in [1.29, 1.82) is 0 Å². The van der Waals surface area contributed by atoms with Gasteiger partial charge in [-0.05, 0) is 60.2 Å². The van der Waals surface area contributed by atoms with Gasteiger partial charge >= 0.3 is 5.97 Å². The summed E-state index contributed by atoms with van der Waals surface area (Å²) in [4.78, 5) is 25.3. The molecule has 3 aromatic carbocycles. The minimum absolute atomic E-state index is 0.115. The van der Waals surface area contributed by atoms with Crippen molar-refractivity contribution in [3.8, 4) is 34.5 Å². The van der Waals surface area contributed by atoms with Crippen LogP contribution < -0.4 is 28.4 Å². The zero-order valence-electron chi connectivity index (χ0n) is 18.8. The summed E-state index contributed by atoms with van der Waals surface area (Å²) in [5.41, 5.74) is 1.36. The molecule has 1 heterocycles. The number of hydrogen-bond acceptors (Lipinski definition) is 8. The number of fused-ring (bicyclic) bond motifs is 1. The zero-order valence-corrected chi connectivity index (χ0v) is 18.8. The molecule has 4 rings (SSSR count). The van der Waals surface area contributed by atoms with E-state index in [9.17, 15) is 9.59 Å². The Morgan fingerprint density at radius 2 is 1.56 bits per heavy atom. The van der Waals surface area contributed by atoms with E-state index in [1.165, 1.54) is 27.4 Å². The number of ether oxygens (including phenoxy) is 6. The van der Waals surface area contributed by atoms with Crippen LogP contribution in [0.4, 0.5) is 0 Å². The number of rotatable bonds is 8. The Morgan fingerprint density at radius 1 is 0.794 bits per heavy atom. The first kappa shape index (κ1) is 22.7. The van der Waals surface area contributed by atoms with E-state index in [2.05, 4.69) is 0 Å². The molecule has 174 valence electrons. The second-order valence-corrected chi connectivity index (χ2v) is 7.13. The molecular formula is C26H22O8. The van der Waals surface area contributed by atoms with Gasteiger partial charge in [-0.3, -0.25) is 4.79 Å². The van der Waals surface area contributed by atoms with Crippen LogP contribution in [0.25, 0.3) is 6.08 Å². The molecule has 0 fully saturated rings. The van der Waals surface area contributed by atoms with Gasteiger partial charge in [0.15, 0.2) is 28.8 Å². The van der Waals surface area contributed by atoms with Gasteiger partial charge in [-0.15, -0.1) is 0 Å². The number of carbonyl (C=O) groups is 2. The minimum Gasteiger partial charge on any atom is -0.497 e. The SMILES string of the molecule is COc1ccc(OC)c(C(=O)/C=C/c2ccc(OC(=O)c3ccc4c(c3)OCO4)c(OC)c2)c1. The second kappa shape index (κ2) is 9.99. The molecule has 8 heteroatoms. The van der Waals surface area contributed by atoms with E-state index >= 15 is 0 Å². The fourth-order valence-electron chi connectivity index (χ4n) is 3.32. The molecule has 0 amide bonds. The van der Waals surface area contributed by atoms with Gasteiger partial charge in [-0.2, -0.15) is 0 Å². The fourth-order valence-corrected chi connectivity index (χ4v) is 3.32. The van der Waals surface area contributed by atoms with Gasteiger partial charge in [-0.25, -0.2) is 4.79 Å². The summed E-state index contributed by atoms with van der Waals surface area (Å²) in [6.45, 7) is 0.115. The monoisotopic (exact) mass is 462 g/mol. The average Bonchev–Trinajstić information content (AvgIpc) is 3.35. The standard InChI is InChI=1S/C26H22O8/c1-29-18-7-11-21(30-2)19(14-18)20(27)8-4-16-5-9-23(24(12-16)31-3)34-26(28)17-6-10-22-25(13-17)33-15-32-22/h4-14H,15H2,1-3H3/b8-4+. The Kier molecular flexibility index (Phi) is 6.68. The Morgan fingerprint density at radius 3 is 2.32 bits per heavy atom. The van der Waals surface area contributed by atoms with Crippen LogP contribution in [-0.2, 0) is 0 Å². The Labute approximate surface area is 196 Å². The van der Waals surface area contributed by atoms with Crippen molar-refractivity contribution in [1.82, 2.24) is 0 Å². The van der Waals surface area contributed by atoms with Gasteiger partial charge < -0.3 is 28.4 Å². The molecule has 8 nitrogen and oxygen atoms in total. The zero-order chi connectivity index (χ0) is 24.1. The van der Waals surface area contributed by atoms with E-state index in [0.29, 0.717) is 45.4 Å². The third-order valence-corrected chi connectivity index (χ3v) is 5.10. The number of carbonyl (C=O) groups excluding carboxylic acids is 2. The molecule has 0 saturated carbocycles. The first-order valence-electron chi connectivity index (χ1n) is 10.3. The maximum atomic E-state index is 12.7. The van der Waals surface area contributed by atoms with Gasteiger partial charge in [-0.1, -0.05) is 12.1 Å². The van der Waals surface area contributed by atoms with Crippen molar-refractivity contribution in [3.05, 3.63) is 77.4 Å². The molecule has 0 radical (unpaired) electrons. The van der Waals surface area contributed by atoms with E-state index in [-0.39, 0.29) is 18.3 Å². The quantitative estimate of drug-likeness (QED) is 0.208. The van der Waals surface area contributed by atoms with Crippen LogP contribution in [-0.4, -0.2) is 39.9 Å². The number of ketones is 1. The summed E-state index contributed by atoms with van der Waals surface area (Å²) in [6, 6.07) is 14.8. The Bertz CT molecular complexity index is 1260. The average molecular weight is 462 g/mol. The number of methoxy groups -OCH3 is 3. The predicted molar refractivity (Wildman–Crippen MR) is 123 cm³/mol. The van der Waals surface area contributed by atoms with E-state index in [1.54, 1.807) is 60.7 Å². The molecule has 0 N–H and O–H groups in total. The lowest BCUT2D eigenvalue weighted by Gasteiger charge is -2.10. The van der Waals surface area contributed by atoms with Crippen LogP contribution in [0.1, 0.15) is 26.3 Å². The molecule has 0 saturated heterocycles. The number of hydrogen-bond donors (Lipinski definition) is 0. The molecule has 1 aliphatic heterocycles. The predicted octanol–water partition coefficient (Wildman–Crippen LogP) is 4.56. The smallest absolute Gasteiger partial charge is 0.343 e. The normalized spacial score (nSPS) is 11.9. The molecule has 3 aromatic rings. The Balaban J connectivity index is 1.50.